The summed E-state index contributed by atoms with van der Waals surface area (Å²) in [6.45, 7) is 17.0. The molecule has 0 spiro atoms. The van der Waals surface area contributed by atoms with Crippen molar-refractivity contribution in [2.45, 2.75) is 52.5 Å². The molecule has 248 valence electrons. The number of benzene rings is 3. The number of rotatable bonds is 10. The van der Waals surface area contributed by atoms with Crippen molar-refractivity contribution in [2.75, 3.05) is 59.0 Å². The fraction of sp³-hybridized carbons (Fsp3) is 0.459. The van der Waals surface area contributed by atoms with Crippen LogP contribution in [0.1, 0.15) is 60.2 Å². The van der Waals surface area contributed by atoms with Crippen LogP contribution in [0.2, 0.25) is 5.02 Å². The number of piperazine rings is 1. The Kier molecular flexibility index (Phi) is 12.6. The third-order valence-electron chi connectivity index (χ3n) is 8.65. The van der Waals surface area contributed by atoms with Crippen molar-refractivity contribution >= 4 is 23.4 Å². The highest BCUT2D eigenvalue weighted by Crippen LogP contribution is 2.36. The van der Waals surface area contributed by atoms with Gasteiger partial charge in [0.05, 0.1) is 19.2 Å². The number of carboxylic acids is 1. The summed E-state index contributed by atoms with van der Waals surface area (Å²) in [4.78, 5) is 19.8. The van der Waals surface area contributed by atoms with E-state index < -0.39 is 5.97 Å². The average Bonchev–Trinajstić information content (AvgIpc) is 3.55. The number of phenolic OH excluding ortho intramolecular Hbond substituents is 1. The lowest BCUT2D eigenvalue weighted by atomic mass is 9.82. The summed E-state index contributed by atoms with van der Waals surface area (Å²) in [6, 6.07) is 21.0. The van der Waals surface area contributed by atoms with E-state index in [1.54, 1.807) is 0 Å². The summed E-state index contributed by atoms with van der Waals surface area (Å²) in [7, 11) is 0. The van der Waals surface area contributed by atoms with E-state index in [9.17, 15) is 9.90 Å². The number of aliphatic imine (C=N–C) groups is 1. The van der Waals surface area contributed by atoms with Gasteiger partial charge in [-0.05, 0) is 64.8 Å². The smallest absolute Gasteiger partial charge is 0.329 e. The van der Waals surface area contributed by atoms with E-state index in [-0.39, 0.29) is 18.1 Å². The maximum atomic E-state index is 10.5. The molecule has 8 nitrogen and oxygen atoms in total. The molecule has 1 fully saturated rings. The molecule has 3 aromatic rings. The molecule has 46 heavy (non-hydrogen) atoms. The van der Waals surface area contributed by atoms with Crippen LogP contribution in [-0.4, -0.2) is 90.8 Å². The molecule has 3 N–H and O–H groups in total. The predicted molar refractivity (Wildman–Crippen MR) is 186 cm³/mol. The minimum absolute atomic E-state index is 0.0404. The van der Waals surface area contributed by atoms with Gasteiger partial charge in [-0.3, -0.25) is 14.8 Å². The van der Waals surface area contributed by atoms with E-state index in [0.717, 1.165) is 74.2 Å². The number of carboxylic acid groups (broad SMARTS) is 1. The Morgan fingerprint density at radius 1 is 1.02 bits per heavy atom. The number of aryl methyl sites for hydroxylation is 1. The Morgan fingerprint density at radius 3 is 2.26 bits per heavy atom. The number of halogens is 1. The highest BCUT2D eigenvalue weighted by atomic mass is 35.5. The largest absolute Gasteiger partial charge is 0.507 e. The number of aliphatic carboxylic acids is 1. The molecule has 0 radical (unpaired) electrons. The first-order valence-electron chi connectivity index (χ1n) is 16.1. The van der Waals surface area contributed by atoms with Gasteiger partial charge >= 0.3 is 5.97 Å². The Balaban J connectivity index is 0.000000222. The predicted octanol–water partition coefficient (Wildman–Crippen LogP) is 6.00. The van der Waals surface area contributed by atoms with Gasteiger partial charge in [-0.15, -0.1) is 0 Å². The summed E-state index contributed by atoms with van der Waals surface area (Å²) in [5.74, 6) is 0.550. The van der Waals surface area contributed by atoms with Crippen LogP contribution < -0.4 is 5.32 Å². The maximum absolute atomic E-state index is 10.5. The quantitative estimate of drug-likeness (QED) is 0.232. The van der Waals surface area contributed by atoms with Crippen LogP contribution in [0.15, 0.2) is 65.7 Å². The van der Waals surface area contributed by atoms with Gasteiger partial charge in [0.2, 0.25) is 0 Å². The van der Waals surface area contributed by atoms with E-state index in [1.165, 1.54) is 22.3 Å². The third-order valence-corrected chi connectivity index (χ3v) is 8.90. The van der Waals surface area contributed by atoms with Crippen molar-refractivity contribution in [1.29, 1.82) is 0 Å². The second kappa shape index (κ2) is 16.4. The van der Waals surface area contributed by atoms with Gasteiger partial charge < -0.3 is 20.3 Å². The van der Waals surface area contributed by atoms with Gasteiger partial charge in [-0.2, -0.15) is 0 Å². The Labute approximate surface area is 279 Å². The van der Waals surface area contributed by atoms with Gasteiger partial charge in [0.25, 0.3) is 0 Å². The van der Waals surface area contributed by atoms with E-state index in [0.29, 0.717) is 12.4 Å². The topological polar surface area (TPSA) is 97.6 Å². The van der Waals surface area contributed by atoms with Gasteiger partial charge in [0, 0.05) is 50.7 Å². The van der Waals surface area contributed by atoms with E-state index in [2.05, 4.69) is 90.3 Å². The summed E-state index contributed by atoms with van der Waals surface area (Å²) in [6.07, 6.45) is 0.787. The number of phenols is 1. The molecule has 2 aliphatic heterocycles. The first-order valence-corrected chi connectivity index (χ1v) is 16.5. The lowest BCUT2D eigenvalue weighted by Crippen LogP contribution is -2.48. The first-order chi connectivity index (χ1) is 21.9. The number of hydrogen-bond donors (Lipinski definition) is 3. The van der Waals surface area contributed by atoms with Crippen LogP contribution in [0.3, 0.4) is 0 Å². The molecule has 0 amide bonds. The zero-order chi connectivity index (χ0) is 33.3. The third kappa shape index (κ3) is 9.79. The van der Waals surface area contributed by atoms with Gasteiger partial charge in [-0.25, -0.2) is 4.79 Å². The minimum Gasteiger partial charge on any atom is -0.507 e. The number of nitrogens with zero attached hydrogens (tertiary/aromatic N) is 3. The molecular weight excluding hydrogens is 600 g/mol. The standard InChI is InChI=1S/C21H25ClN2O3.C16H24N2O/c22-19-8-6-18(7-9-19)21(17-4-2-1-3-5-17)24-12-10-23(11-13-24)14-15-27-16-20(25)26;1-10-8-13(16(3,4)5)15(19)11(2)12(10)9-14-17-6-7-18-14/h1-9,21H,10-16H2,(H,25,26);8,19H,6-7,9H2,1-5H3,(H,17,18). The van der Waals surface area contributed by atoms with Crippen LogP contribution in [0.25, 0.3) is 0 Å². The van der Waals surface area contributed by atoms with Gasteiger partial charge in [0.15, 0.2) is 0 Å². The molecular formula is C37H49ClN4O4. The van der Waals surface area contributed by atoms with Crippen LogP contribution in [0, 0.1) is 13.8 Å². The molecule has 2 heterocycles. The van der Waals surface area contributed by atoms with Crippen LogP contribution in [0.4, 0.5) is 0 Å². The number of carbonyl (C=O) groups is 1. The number of ether oxygens (including phenoxy) is 1. The van der Waals surface area contributed by atoms with Crippen molar-refractivity contribution in [1.82, 2.24) is 15.1 Å². The summed E-state index contributed by atoms with van der Waals surface area (Å²) >= 11 is 6.08. The molecule has 1 atom stereocenters. The van der Waals surface area contributed by atoms with E-state index >= 15 is 0 Å². The second-order valence-electron chi connectivity index (χ2n) is 13.1. The van der Waals surface area contributed by atoms with Gasteiger partial charge in [0.1, 0.15) is 18.2 Å². The fourth-order valence-electron chi connectivity index (χ4n) is 6.08. The minimum atomic E-state index is -0.923. The number of hydrogen-bond acceptors (Lipinski definition) is 7. The molecule has 2 aliphatic rings. The highest BCUT2D eigenvalue weighted by molar-refractivity contribution is 6.30. The zero-order valence-corrected chi connectivity index (χ0v) is 28.6. The zero-order valence-electron chi connectivity index (χ0n) is 27.9. The summed E-state index contributed by atoms with van der Waals surface area (Å²) in [5, 5.41) is 23.1. The molecule has 0 aliphatic carbocycles. The highest BCUT2D eigenvalue weighted by Gasteiger charge is 2.26. The number of aromatic hydroxyl groups is 1. The molecule has 9 heteroatoms. The van der Waals surface area contributed by atoms with E-state index in [4.69, 9.17) is 21.4 Å². The lowest BCUT2D eigenvalue weighted by Gasteiger charge is -2.39. The number of nitrogens with one attached hydrogen (secondary N) is 1. The molecule has 0 bridgehead atoms. The molecule has 5 rings (SSSR count). The Hall–Kier alpha value is -3.43. The monoisotopic (exact) mass is 648 g/mol. The van der Waals surface area contributed by atoms with Crippen molar-refractivity contribution in [3.05, 3.63) is 99.1 Å². The molecule has 0 saturated carbocycles. The molecule has 1 unspecified atom stereocenters. The van der Waals surface area contributed by atoms with Gasteiger partial charge in [-0.1, -0.05) is 80.9 Å². The van der Waals surface area contributed by atoms with Crippen LogP contribution >= 0.6 is 11.6 Å². The number of amidine groups is 1. The second-order valence-corrected chi connectivity index (χ2v) is 13.5. The Bertz CT molecular complexity index is 1460. The SMILES string of the molecule is Cc1cc(C(C)(C)C)c(O)c(C)c1CC1=NCCN1.O=C(O)COCCN1CCN(C(c2ccccc2)c2ccc(Cl)cc2)CC1. The van der Waals surface area contributed by atoms with Crippen molar-refractivity contribution in [3.8, 4) is 5.75 Å². The van der Waals surface area contributed by atoms with Crippen molar-refractivity contribution in [2.24, 2.45) is 4.99 Å². The van der Waals surface area contributed by atoms with Crippen LogP contribution in [0.5, 0.6) is 5.75 Å². The summed E-state index contributed by atoms with van der Waals surface area (Å²) < 4.78 is 5.15. The fourth-order valence-corrected chi connectivity index (χ4v) is 6.21. The van der Waals surface area contributed by atoms with Crippen molar-refractivity contribution in [3.63, 3.8) is 0 Å². The maximum Gasteiger partial charge on any atom is 0.329 e. The first kappa shape index (κ1) is 35.4. The normalized spacial score (nSPS) is 16.3. The van der Waals surface area contributed by atoms with Crippen LogP contribution in [-0.2, 0) is 21.4 Å². The molecule has 1 saturated heterocycles. The Morgan fingerprint density at radius 2 is 1.67 bits per heavy atom. The van der Waals surface area contributed by atoms with E-state index in [1.807, 2.05) is 25.1 Å². The molecule has 0 aromatic heterocycles. The molecule has 3 aromatic carbocycles. The summed E-state index contributed by atoms with van der Waals surface area (Å²) in [5.41, 5.74) is 6.91. The average molecular weight is 649 g/mol. The van der Waals surface area contributed by atoms with Crippen molar-refractivity contribution < 1.29 is 19.7 Å². The lowest BCUT2D eigenvalue weighted by molar-refractivity contribution is -0.142.